The van der Waals surface area contributed by atoms with Crippen LogP contribution >= 0.6 is 11.6 Å². The van der Waals surface area contributed by atoms with Gasteiger partial charge in [-0.2, -0.15) is 0 Å². The van der Waals surface area contributed by atoms with Crippen molar-refractivity contribution in [3.63, 3.8) is 0 Å². The molecule has 0 saturated heterocycles. The minimum absolute atomic E-state index is 0.0754. The van der Waals surface area contributed by atoms with Crippen molar-refractivity contribution in [1.82, 2.24) is 4.98 Å². The first-order chi connectivity index (χ1) is 11.5. The van der Waals surface area contributed by atoms with Crippen LogP contribution in [-0.2, 0) is 0 Å². The van der Waals surface area contributed by atoms with Gasteiger partial charge in [-0.25, -0.2) is 13.8 Å². The van der Waals surface area contributed by atoms with E-state index >= 15 is 0 Å². The SMILES string of the molecule is COc1cc(C(=O)Nc2ccc(F)c(F)c2)nc2ccc(Cl)cc12. The number of carbonyl (C=O) groups is 1. The number of fused-ring (bicyclic) bond motifs is 1. The molecule has 0 spiro atoms. The van der Waals surface area contributed by atoms with Crippen LogP contribution in [0.3, 0.4) is 0 Å². The molecule has 0 unspecified atom stereocenters. The van der Waals surface area contributed by atoms with Crippen LogP contribution in [0.15, 0.2) is 42.5 Å². The molecular weight excluding hydrogens is 338 g/mol. The Morgan fingerprint density at radius 2 is 1.92 bits per heavy atom. The van der Waals surface area contributed by atoms with Crippen LogP contribution in [0.4, 0.5) is 14.5 Å². The molecule has 1 amide bonds. The van der Waals surface area contributed by atoms with Crippen molar-refractivity contribution in [1.29, 1.82) is 0 Å². The average Bonchev–Trinajstić information content (AvgIpc) is 2.57. The Labute approximate surface area is 141 Å². The third kappa shape index (κ3) is 3.14. The van der Waals surface area contributed by atoms with Crippen LogP contribution in [0.5, 0.6) is 5.75 Å². The van der Waals surface area contributed by atoms with E-state index in [-0.39, 0.29) is 11.4 Å². The van der Waals surface area contributed by atoms with Crippen molar-refractivity contribution in [2.45, 2.75) is 0 Å². The standard InChI is InChI=1S/C17H11ClF2N2O2/c1-24-16-8-15(22-14-5-2-9(18)6-11(14)16)17(23)21-10-3-4-12(19)13(20)7-10/h2-8H,1H3,(H,21,23). The molecule has 122 valence electrons. The Hall–Kier alpha value is -2.73. The molecule has 0 aliphatic heterocycles. The van der Waals surface area contributed by atoms with E-state index in [1.54, 1.807) is 18.2 Å². The van der Waals surface area contributed by atoms with Crippen molar-refractivity contribution < 1.29 is 18.3 Å². The fraction of sp³-hybridized carbons (Fsp3) is 0.0588. The normalized spacial score (nSPS) is 10.7. The minimum atomic E-state index is -1.05. The maximum Gasteiger partial charge on any atom is 0.274 e. The highest BCUT2D eigenvalue weighted by Gasteiger charge is 2.14. The monoisotopic (exact) mass is 348 g/mol. The van der Waals surface area contributed by atoms with Crippen LogP contribution in [-0.4, -0.2) is 18.0 Å². The molecule has 3 aromatic rings. The molecule has 2 aromatic carbocycles. The number of pyridine rings is 1. The minimum Gasteiger partial charge on any atom is -0.496 e. The maximum absolute atomic E-state index is 13.2. The van der Waals surface area contributed by atoms with Gasteiger partial charge in [-0.3, -0.25) is 4.79 Å². The van der Waals surface area contributed by atoms with Crippen molar-refractivity contribution in [2.24, 2.45) is 0 Å². The van der Waals surface area contributed by atoms with Gasteiger partial charge in [-0.1, -0.05) is 11.6 Å². The van der Waals surface area contributed by atoms with Gasteiger partial charge in [0.05, 0.1) is 12.6 Å². The van der Waals surface area contributed by atoms with Crippen LogP contribution in [0.2, 0.25) is 5.02 Å². The second-order valence-corrected chi connectivity index (χ2v) is 5.39. The second-order valence-electron chi connectivity index (χ2n) is 4.95. The number of anilines is 1. The molecule has 1 N–H and O–H groups in total. The predicted octanol–water partition coefficient (Wildman–Crippen LogP) is 4.43. The van der Waals surface area contributed by atoms with E-state index in [0.717, 1.165) is 12.1 Å². The number of hydrogen-bond donors (Lipinski definition) is 1. The number of rotatable bonds is 3. The summed E-state index contributed by atoms with van der Waals surface area (Å²) < 4.78 is 31.4. The average molecular weight is 349 g/mol. The Kier molecular flexibility index (Phi) is 4.31. The molecule has 7 heteroatoms. The van der Waals surface area contributed by atoms with Gasteiger partial charge >= 0.3 is 0 Å². The van der Waals surface area contributed by atoms with Gasteiger partial charge in [0.25, 0.3) is 5.91 Å². The summed E-state index contributed by atoms with van der Waals surface area (Å²) in [5, 5.41) is 3.64. The Balaban J connectivity index is 1.97. The van der Waals surface area contributed by atoms with Crippen molar-refractivity contribution in [2.75, 3.05) is 12.4 Å². The Morgan fingerprint density at radius 3 is 2.62 bits per heavy atom. The number of carbonyl (C=O) groups excluding carboxylic acids is 1. The summed E-state index contributed by atoms with van der Waals surface area (Å²) in [6.45, 7) is 0. The molecule has 4 nitrogen and oxygen atoms in total. The van der Waals surface area contributed by atoms with Crippen LogP contribution in [0.1, 0.15) is 10.5 Å². The fourth-order valence-electron chi connectivity index (χ4n) is 2.22. The van der Waals surface area contributed by atoms with E-state index in [0.29, 0.717) is 21.7 Å². The number of hydrogen-bond acceptors (Lipinski definition) is 3. The summed E-state index contributed by atoms with van der Waals surface area (Å²) in [7, 11) is 1.46. The zero-order valence-corrected chi connectivity index (χ0v) is 13.2. The lowest BCUT2D eigenvalue weighted by Gasteiger charge is -2.10. The lowest BCUT2D eigenvalue weighted by atomic mass is 10.1. The number of amides is 1. The Morgan fingerprint density at radius 1 is 1.12 bits per heavy atom. The molecule has 0 fully saturated rings. The van der Waals surface area contributed by atoms with Crippen molar-refractivity contribution >= 4 is 34.1 Å². The Bertz CT molecular complexity index is 947. The number of nitrogens with zero attached hydrogens (tertiary/aromatic N) is 1. The largest absolute Gasteiger partial charge is 0.496 e. The first-order valence-corrected chi connectivity index (χ1v) is 7.26. The highest BCUT2D eigenvalue weighted by atomic mass is 35.5. The first kappa shape index (κ1) is 16.1. The third-order valence-corrected chi connectivity index (χ3v) is 3.60. The molecule has 0 saturated carbocycles. The molecule has 3 rings (SSSR count). The molecule has 1 heterocycles. The number of benzene rings is 2. The zero-order valence-electron chi connectivity index (χ0n) is 12.4. The summed E-state index contributed by atoms with van der Waals surface area (Å²) in [6.07, 6.45) is 0. The van der Waals surface area contributed by atoms with Crippen LogP contribution in [0, 0.1) is 11.6 Å². The fourth-order valence-corrected chi connectivity index (χ4v) is 2.39. The van der Waals surface area contributed by atoms with Gasteiger partial charge in [0.2, 0.25) is 0 Å². The maximum atomic E-state index is 13.2. The summed E-state index contributed by atoms with van der Waals surface area (Å²) in [6, 6.07) is 9.52. The van der Waals surface area contributed by atoms with Gasteiger partial charge < -0.3 is 10.1 Å². The summed E-state index contributed by atoms with van der Waals surface area (Å²) in [5.74, 6) is -2.18. The van der Waals surface area contributed by atoms with E-state index in [9.17, 15) is 13.6 Å². The molecule has 1 aromatic heterocycles. The van der Waals surface area contributed by atoms with Gasteiger partial charge in [-0.05, 0) is 30.3 Å². The molecule has 0 atom stereocenters. The number of methoxy groups -OCH3 is 1. The van der Waals surface area contributed by atoms with E-state index in [4.69, 9.17) is 16.3 Å². The molecule has 0 aliphatic rings. The lowest BCUT2D eigenvalue weighted by molar-refractivity contribution is 0.102. The number of halogens is 3. The number of nitrogens with one attached hydrogen (secondary N) is 1. The second kappa shape index (κ2) is 6.41. The topological polar surface area (TPSA) is 51.2 Å². The molecular formula is C17H11ClF2N2O2. The van der Waals surface area contributed by atoms with Crippen molar-refractivity contribution in [3.8, 4) is 5.75 Å². The van der Waals surface area contributed by atoms with Gasteiger partial charge in [-0.15, -0.1) is 0 Å². The molecule has 0 aliphatic carbocycles. The van der Waals surface area contributed by atoms with Gasteiger partial charge in [0.15, 0.2) is 11.6 Å². The summed E-state index contributed by atoms with van der Waals surface area (Å²) in [4.78, 5) is 16.6. The third-order valence-electron chi connectivity index (χ3n) is 3.36. The zero-order chi connectivity index (χ0) is 17.3. The van der Waals surface area contributed by atoms with E-state index in [1.165, 1.54) is 19.2 Å². The van der Waals surface area contributed by atoms with Crippen LogP contribution < -0.4 is 10.1 Å². The smallest absolute Gasteiger partial charge is 0.274 e. The highest BCUT2D eigenvalue weighted by Crippen LogP contribution is 2.28. The van der Waals surface area contributed by atoms with E-state index in [2.05, 4.69) is 10.3 Å². The molecule has 0 bridgehead atoms. The van der Waals surface area contributed by atoms with E-state index < -0.39 is 17.5 Å². The predicted molar refractivity (Wildman–Crippen MR) is 87.6 cm³/mol. The van der Waals surface area contributed by atoms with E-state index in [1.807, 2.05) is 0 Å². The quantitative estimate of drug-likeness (QED) is 0.762. The lowest BCUT2D eigenvalue weighted by Crippen LogP contribution is -2.14. The summed E-state index contributed by atoms with van der Waals surface area (Å²) >= 11 is 5.96. The number of ether oxygens (including phenoxy) is 1. The molecule has 0 radical (unpaired) electrons. The number of aromatic nitrogens is 1. The van der Waals surface area contributed by atoms with Crippen LogP contribution in [0.25, 0.3) is 10.9 Å². The summed E-state index contributed by atoms with van der Waals surface area (Å²) in [5.41, 5.74) is 0.719. The highest BCUT2D eigenvalue weighted by molar-refractivity contribution is 6.31. The molecule has 24 heavy (non-hydrogen) atoms. The van der Waals surface area contributed by atoms with Gasteiger partial charge in [0, 0.05) is 28.2 Å². The first-order valence-electron chi connectivity index (χ1n) is 6.88. The van der Waals surface area contributed by atoms with Gasteiger partial charge in [0.1, 0.15) is 11.4 Å². The van der Waals surface area contributed by atoms with Crippen molar-refractivity contribution in [3.05, 3.63) is 64.8 Å².